The number of nitrogens with zero attached hydrogens (tertiary/aromatic N) is 2. The zero-order valence-electron chi connectivity index (χ0n) is 10.4. The van der Waals surface area contributed by atoms with Gasteiger partial charge in [0.1, 0.15) is 0 Å². The molecule has 3 nitrogen and oxygen atoms in total. The second-order valence-electron chi connectivity index (χ2n) is 4.46. The van der Waals surface area contributed by atoms with Crippen LogP contribution in [-0.2, 0) is 6.54 Å². The molecule has 2 heterocycles. The van der Waals surface area contributed by atoms with E-state index in [1.165, 1.54) is 0 Å². The van der Waals surface area contributed by atoms with Crippen LogP contribution in [0.25, 0.3) is 10.9 Å². The van der Waals surface area contributed by atoms with Gasteiger partial charge in [-0.25, -0.2) is 0 Å². The van der Waals surface area contributed by atoms with Gasteiger partial charge >= 0.3 is 0 Å². The molecule has 0 aliphatic heterocycles. The van der Waals surface area contributed by atoms with Gasteiger partial charge in [0.25, 0.3) is 5.56 Å². The number of aromatic nitrogens is 2. The lowest BCUT2D eigenvalue weighted by atomic mass is 10.2. The molecule has 0 saturated carbocycles. The third kappa shape index (κ3) is 2.62. The zero-order valence-corrected chi connectivity index (χ0v) is 12.7. The summed E-state index contributed by atoms with van der Waals surface area (Å²) in [7, 11) is 0. The van der Waals surface area contributed by atoms with Crippen molar-refractivity contribution in [2.75, 3.05) is 0 Å². The molecule has 20 heavy (non-hydrogen) atoms. The fourth-order valence-corrected chi connectivity index (χ4v) is 2.51. The van der Waals surface area contributed by atoms with Crippen LogP contribution in [0.2, 0.25) is 5.02 Å². The first-order valence-corrected chi connectivity index (χ1v) is 7.20. The molecule has 0 unspecified atom stereocenters. The summed E-state index contributed by atoms with van der Waals surface area (Å²) >= 11 is 9.20. The van der Waals surface area contributed by atoms with Gasteiger partial charge in [0, 0.05) is 21.9 Å². The van der Waals surface area contributed by atoms with Crippen molar-refractivity contribution in [3.8, 4) is 0 Å². The highest BCUT2D eigenvalue weighted by molar-refractivity contribution is 9.10. The fraction of sp³-hybridized carbons (Fsp3) is 0.0667. The number of rotatable bonds is 2. The molecule has 0 aliphatic carbocycles. The Morgan fingerprint density at radius 2 is 1.95 bits per heavy atom. The van der Waals surface area contributed by atoms with Crippen molar-refractivity contribution in [1.29, 1.82) is 0 Å². The molecular formula is C15H10BrClN2O. The number of hydrogen-bond donors (Lipinski definition) is 0. The standard InChI is InChI=1S/C15H10BrClN2O/c16-11-7-13-14(18-8-11)5-6-19(15(13)20)9-10-1-3-12(17)4-2-10/h1-8H,9H2. The van der Waals surface area contributed by atoms with Crippen LogP contribution >= 0.6 is 27.5 Å². The maximum atomic E-state index is 12.4. The van der Waals surface area contributed by atoms with E-state index < -0.39 is 0 Å². The third-order valence-corrected chi connectivity index (χ3v) is 3.74. The Hall–Kier alpha value is -1.65. The molecule has 0 radical (unpaired) electrons. The molecule has 0 spiro atoms. The van der Waals surface area contributed by atoms with Gasteiger partial charge in [0.05, 0.1) is 17.4 Å². The Bertz CT molecular complexity index is 827. The van der Waals surface area contributed by atoms with Crippen LogP contribution in [0.5, 0.6) is 0 Å². The van der Waals surface area contributed by atoms with E-state index in [1.807, 2.05) is 30.3 Å². The van der Waals surface area contributed by atoms with E-state index >= 15 is 0 Å². The van der Waals surface area contributed by atoms with Crippen LogP contribution in [0.15, 0.2) is 58.1 Å². The highest BCUT2D eigenvalue weighted by atomic mass is 79.9. The Kier molecular flexibility index (Phi) is 3.59. The quantitative estimate of drug-likeness (QED) is 0.704. The normalized spacial score (nSPS) is 10.9. The van der Waals surface area contributed by atoms with Crippen LogP contribution < -0.4 is 5.56 Å². The van der Waals surface area contributed by atoms with Crippen molar-refractivity contribution >= 4 is 38.4 Å². The van der Waals surface area contributed by atoms with E-state index in [0.717, 1.165) is 10.0 Å². The Morgan fingerprint density at radius 1 is 1.20 bits per heavy atom. The number of pyridine rings is 2. The molecule has 0 saturated heterocycles. The number of hydrogen-bond acceptors (Lipinski definition) is 2. The van der Waals surface area contributed by atoms with Crippen LogP contribution in [0, 0.1) is 0 Å². The molecule has 3 rings (SSSR count). The molecule has 0 atom stereocenters. The van der Waals surface area contributed by atoms with Gasteiger partial charge in [0.15, 0.2) is 0 Å². The van der Waals surface area contributed by atoms with E-state index in [1.54, 1.807) is 23.0 Å². The van der Waals surface area contributed by atoms with E-state index in [2.05, 4.69) is 20.9 Å². The molecule has 0 fully saturated rings. The molecule has 5 heteroatoms. The third-order valence-electron chi connectivity index (χ3n) is 3.05. The SMILES string of the molecule is O=c1c2cc(Br)cnc2ccn1Cc1ccc(Cl)cc1. The first-order valence-electron chi connectivity index (χ1n) is 6.02. The van der Waals surface area contributed by atoms with Crippen molar-refractivity contribution in [1.82, 2.24) is 9.55 Å². The van der Waals surface area contributed by atoms with Crippen LogP contribution in [0.1, 0.15) is 5.56 Å². The minimum atomic E-state index is -0.0498. The van der Waals surface area contributed by atoms with Crippen LogP contribution in [0.3, 0.4) is 0 Å². The summed E-state index contributed by atoms with van der Waals surface area (Å²) in [6.45, 7) is 0.512. The molecule has 100 valence electrons. The average molecular weight is 350 g/mol. The molecule has 3 aromatic rings. The topological polar surface area (TPSA) is 34.9 Å². The van der Waals surface area contributed by atoms with Crippen LogP contribution in [0.4, 0.5) is 0 Å². The van der Waals surface area contributed by atoms with Crippen molar-refractivity contribution in [2.24, 2.45) is 0 Å². The summed E-state index contributed by atoms with van der Waals surface area (Å²) in [5.74, 6) is 0. The lowest BCUT2D eigenvalue weighted by Crippen LogP contribution is -2.20. The minimum Gasteiger partial charge on any atom is -0.310 e. The summed E-state index contributed by atoms with van der Waals surface area (Å²) in [5.41, 5.74) is 1.68. The van der Waals surface area contributed by atoms with E-state index in [0.29, 0.717) is 22.5 Å². The van der Waals surface area contributed by atoms with Gasteiger partial charge in [-0.1, -0.05) is 23.7 Å². The molecule has 1 aromatic carbocycles. The van der Waals surface area contributed by atoms with Crippen molar-refractivity contribution in [2.45, 2.75) is 6.54 Å². The lowest BCUT2D eigenvalue weighted by Gasteiger charge is -2.07. The van der Waals surface area contributed by atoms with Gasteiger partial charge < -0.3 is 4.57 Å². The second-order valence-corrected chi connectivity index (χ2v) is 5.81. The van der Waals surface area contributed by atoms with Crippen molar-refractivity contribution in [3.63, 3.8) is 0 Å². The molecule has 2 aromatic heterocycles. The summed E-state index contributed by atoms with van der Waals surface area (Å²) < 4.78 is 2.46. The molecule has 0 aliphatic rings. The smallest absolute Gasteiger partial charge is 0.260 e. The number of benzene rings is 1. The van der Waals surface area contributed by atoms with Gasteiger partial charge in [-0.05, 0) is 45.8 Å². The van der Waals surface area contributed by atoms with Gasteiger partial charge in [-0.3, -0.25) is 9.78 Å². The van der Waals surface area contributed by atoms with Crippen LogP contribution in [-0.4, -0.2) is 9.55 Å². The van der Waals surface area contributed by atoms with Crippen molar-refractivity contribution < 1.29 is 0 Å². The summed E-state index contributed by atoms with van der Waals surface area (Å²) in [6.07, 6.45) is 3.45. The van der Waals surface area contributed by atoms with E-state index in [9.17, 15) is 4.79 Å². The minimum absolute atomic E-state index is 0.0498. The van der Waals surface area contributed by atoms with E-state index in [4.69, 9.17) is 11.6 Å². The fourth-order valence-electron chi connectivity index (χ4n) is 2.05. The predicted octanol–water partition coefficient (Wildman–Crippen LogP) is 3.86. The maximum Gasteiger partial charge on any atom is 0.260 e. The van der Waals surface area contributed by atoms with Gasteiger partial charge in [-0.2, -0.15) is 0 Å². The highest BCUT2D eigenvalue weighted by Crippen LogP contribution is 2.14. The Morgan fingerprint density at radius 3 is 2.70 bits per heavy atom. The lowest BCUT2D eigenvalue weighted by molar-refractivity contribution is 0.767. The van der Waals surface area contributed by atoms with Gasteiger partial charge in [0.2, 0.25) is 0 Å². The Balaban J connectivity index is 2.06. The molecule has 0 N–H and O–H groups in total. The zero-order chi connectivity index (χ0) is 14.1. The number of fused-ring (bicyclic) bond motifs is 1. The second kappa shape index (κ2) is 5.38. The maximum absolute atomic E-state index is 12.4. The highest BCUT2D eigenvalue weighted by Gasteiger charge is 2.05. The summed E-state index contributed by atoms with van der Waals surface area (Å²) in [4.78, 5) is 16.7. The molecular weight excluding hydrogens is 340 g/mol. The summed E-state index contributed by atoms with van der Waals surface area (Å²) in [6, 6.07) is 11.1. The monoisotopic (exact) mass is 348 g/mol. The van der Waals surface area contributed by atoms with E-state index in [-0.39, 0.29) is 5.56 Å². The number of halogens is 2. The summed E-state index contributed by atoms with van der Waals surface area (Å²) in [5, 5.41) is 1.29. The largest absolute Gasteiger partial charge is 0.310 e. The average Bonchev–Trinajstić information content (AvgIpc) is 2.45. The predicted molar refractivity (Wildman–Crippen MR) is 84.3 cm³/mol. The first kappa shape index (κ1) is 13.3. The van der Waals surface area contributed by atoms with Gasteiger partial charge in [-0.15, -0.1) is 0 Å². The molecule has 0 bridgehead atoms. The molecule has 0 amide bonds. The Labute approximate surface area is 129 Å². The van der Waals surface area contributed by atoms with Crippen molar-refractivity contribution in [3.05, 3.63) is 74.2 Å². The first-order chi connectivity index (χ1) is 9.63.